The molecule has 0 spiro atoms. The maximum atomic E-state index is 13.0. The molecular formula is C12H4BrCl2F3N4. The summed E-state index contributed by atoms with van der Waals surface area (Å²) in [4.78, 5) is 11.7. The molecule has 0 atom stereocenters. The van der Waals surface area contributed by atoms with Crippen molar-refractivity contribution in [2.24, 2.45) is 0 Å². The van der Waals surface area contributed by atoms with Crippen molar-refractivity contribution in [1.29, 1.82) is 0 Å². The Kier molecular flexibility index (Phi) is 3.78. The van der Waals surface area contributed by atoms with Crippen LogP contribution in [0.3, 0.4) is 0 Å². The van der Waals surface area contributed by atoms with Crippen molar-refractivity contribution < 1.29 is 13.2 Å². The van der Waals surface area contributed by atoms with Crippen LogP contribution in [0.25, 0.3) is 17.0 Å². The first-order chi connectivity index (χ1) is 10.3. The predicted octanol–water partition coefficient (Wildman–Crippen LogP) is 4.88. The van der Waals surface area contributed by atoms with Gasteiger partial charge in [-0.2, -0.15) is 13.2 Å². The zero-order chi connectivity index (χ0) is 16.1. The molecule has 0 aliphatic heterocycles. The van der Waals surface area contributed by atoms with Crippen molar-refractivity contribution in [3.8, 4) is 11.4 Å². The van der Waals surface area contributed by atoms with Crippen LogP contribution < -0.4 is 0 Å². The van der Waals surface area contributed by atoms with Crippen molar-refractivity contribution in [2.75, 3.05) is 0 Å². The number of aromatic nitrogens is 4. The van der Waals surface area contributed by atoms with Gasteiger partial charge >= 0.3 is 6.18 Å². The fourth-order valence-corrected chi connectivity index (χ4v) is 2.76. The Bertz CT molecular complexity index is 879. The zero-order valence-corrected chi connectivity index (χ0v) is 13.5. The highest BCUT2D eigenvalue weighted by atomic mass is 79.9. The van der Waals surface area contributed by atoms with Gasteiger partial charge in [0.1, 0.15) is 5.69 Å². The first-order valence-corrected chi connectivity index (χ1v) is 7.24. The Labute approximate surface area is 140 Å². The molecule has 0 fully saturated rings. The van der Waals surface area contributed by atoms with Crippen LogP contribution >= 0.6 is 39.1 Å². The normalized spacial score (nSPS) is 12.1. The summed E-state index contributed by atoms with van der Waals surface area (Å²) >= 11 is 14.8. The lowest BCUT2D eigenvalue weighted by Gasteiger charge is -2.10. The van der Waals surface area contributed by atoms with Crippen LogP contribution in [0, 0.1) is 0 Å². The average Bonchev–Trinajstić information content (AvgIpc) is 2.85. The van der Waals surface area contributed by atoms with Gasteiger partial charge < -0.3 is 0 Å². The lowest BCUT2D eigenvalue weighted by molar-refractivity contribution is -0.137. The van der Waals surface area contributed by atoms with Crippen molar-refractivity contribution in [1.82, 2.24) is 19.4 Å². The maximum absolute atomic E-state index is 13.0. The molecule has 3 heterocycles. The lowest BCUT2D eigenvalue weighted by Crippen LogP contribution is -2.07. The van der Waals surface area contributed by atoms with Crippen molar-refractivity contribution >= 4 is 44.8 Å². The molecule has 0 unspecified atom stereocenters. The van der Waals surface area contributed by atoms with Crippen LogP contribution in [0.5, 0.6) is 0 Å². The molecule has 0 saturated carbocycles. The lowest BCUT2D eigenvalue weighted by atomic mass is 10.2. The molecule has 0 N–H and O–H groups in total. The summed E-state index contributed by atoms with van der Waals surface area (Å²) in [7, 11) is 0. The first-order valence-electron chi connectivity index (χ1n) is 5.69. The first kappa shape index (κ1) is 15.5. The Morgan fingerprint density at radius 2 is 1.86 bits per heavy atom. The van der Waals surface area contributed by atoms with Gasteiger partial charge in [-0.3, -0.25) is 4.40 Å². The van der Waals surface area contributed by atoms with Crippen LogP contribution in [-0.4, -0.2) is 19.4 Å². The highest BCUT2D eigenvalue weighted by molar-refractivity contribution is 9.10. The molecular weight excluding hydrogens is 408 g/mol. The quantitative estimate of drug-likeness (QED) is 0.536. The average molecular weight is 412 g/mol. The van der Waals surface area contributed by atoms with E-state index < -0.39 is 11.7 Å². The molecule has 114 valence electrons. The fourth-order valence-electron chi connectivity index (χ4n) is 1.90. The zero-order valence-electron chi connectivity index (χ0n) is 10.4. The number of alkyl halides is 3. The number of pyridine rings is 1. The number of hydrogen-bond acceptors (Lipinski definition) is 3. The number of fused-ring (bicyclic) bond motifs is 1. The molecule has 0 aliphatic rings. The minimum absolute atomic E-state index is 0.0691. The highest BCUT2D eigenvalue weighted by Crippen LogP contribution is 2.35. The number of rotatable bonds is 1. The Balaban J connectivity index is 2.32. The molecule has 3 aromatic heterocycles. The van der Waals surface area contributed by atoms with Crippen molar-refractivity contribution in [3.63, 3.8) is 0 Å². The maximum Gasteiger partial charge on any atom is 0.417 e. The second-order valence-electron chi connectivity index (χ2n) is 4.25. The van der Waals surface area contributed by atoms with Gasteiger partial charge in [0, 0.05) is 6.20 Å². The largest absolute Gasteiger partial charge is 0.417 e. The molecule has 0 bridgehead atoms. The van der Waals surface area contributed by atoms with E-state index in [1.165, 1.54) is 16.8 Å². The third-order valence-corrected chi connectivity index (χ3v) is 3.89. The van der Waals surface area contributed by atoms with Crippen LogP contribution in [-0.2, 0) is 6.18 Å². The second-order valence-corrected chi connectivity index (χ2v) is 5.85. The summed E-state index contributed by atoms with van der Waals surface area (Å²) in [6, 6.07) is 0.959. The third kappa shape index (κ3) is 2.66. The van der Waals surface area contributed by atoms with Gasteiger partial charge in [-0.15, -0.1) is 0 Å². The summed E-state index contributed by atoms with van der Waals surface area (Å²) in [5.41, 5.74) is -0.0623. The number of nitrogens with zero attached hydrogens (tertiary/aromatic N) is 4. The Morgan fingerprint density at radius 3 is 2.55 bits per heavy atom. The molecule has 0 aromatic carbocycles. The number of halogens is 6. The summed E-state index contributed by atoms with van der Waals surface area (Å²) in [5.74, 6) is 0. The molecule has 0 radical (unpaired) electrons. The van der Waals surface area contributed by atoms with Crippen molar-refractivity contribution in [2.45, 2.75) is 6.18 Å². The van der Waals surface area contributed by atoms with E-state index in [9.17, 15) is 13.2 Å². The van der Waals surface area contributed by atoms with E-state index in [0.717, 1.165) is 12.3 Å². The standard InChI is InChI=1S/C12H4BrCl2F3N4/c13-6-1-5(12(16,17)18)4-22-8(3-19-10(6)22)9-7(14)2-20-11(15)21-9/h1-4H. The molecule has 3 rings (SSSR count). The number of hydrogen-bond donors (Lipinski definition) is 0. The van der Waals surface area contributed by atoms with Gasteiger partial charge in [-0.25, -0.2) is 15.0 Å². The minimum Gasteiger partial charge on any atom is -0.297 e. The van der Waals surface area contributed by atoms with E-state index in [1.807, 2.05) is 0 Å². The van der Waals surface area contributed by atoms with Crippen LogP contribution in [0.1, 0.15) is 5.56 Å². The van der Waals surface area contributed by atoms with Gasteiger partial charge in [0.15, 0.2) is 5.65 Å². The summed E-state index contributed by atoms with van der Waals surface area (Å²) in [6.07, 6.45) is -0.931. The van der Waals surface area contributed by atoms with E-state index in [4.69, 9.17) is 23.2 Å². The molecule has 0 saturated heterocycles. The topological polar surface area (TPSA) is 43.1 Å². The molecule has 22 heavy (non-hydrogen) atoms. The van der Waals surface area contributed by atoms with E-state index in [0.29, 0.717) is 5.65 Å². The van der Waals surface area contributed by atoms with Crippen LogP contribution in [0.15, 0.2) is 29.1 Å². The fraction of sp³-hybridized carbons (Fsp3) is 0.0833. The summed E-state index contributed by atoms with van der Waals surface area (Å²) in [5, 5.41) is 0.0834. The van der Waals surface area contributed by atoms with Gasteiger partial charge in [0.25, 0.3) is 0 Å². The highest BCUT2D eigenvalue weighted by Gasteiger charge is 2.32. The van der Waals surface area contributed by atoms with Gasteiger partial charge in [0.05, 0.1) is 33.1 Å². The Hall–Kier alpha value is -1.38. The van der Waals surface area contributed by atoms with E-state index in [1.54, 1.807) is 0 Å². The van der Waals surface area contributed by atoms with Crippen LogP contribution in [0.2, 0.25) is 10.3 Å². The second kappa shape index (κ2) is 5.36. The van der Waals surface area contributed by atoms with E-state index in [-0.39, 0.29) is 26.2 Å². The van der Waals surface area contributed by atoms with Gasteiger partial charge in [-0.05, 0) is 33.6 Å². The SMILES string of the molecule is FC(F)(F)c1cc(Br)c2ncc(-c3nc(Cl)ncc3Cl)n2c1. The smallest absolute Gasteiger partial charge is 0.297 e. The molecule has 0 aliphatic carbocycles. The monoisotopic (exact) mass is 410 g/mol. The number of imidazole rings is 1. The molecule has 0 amide bonds. The minimum atomic E-state index is -4.49. The van der Waals surface area contributed by atoms with E-state index >= 15 is 0 Å². The summed E-state index contributed by atoms with van der Waals surface area (Å²) in [6.45, 7) is 0. The summed E-state index contributed by atoms with van der Waals surface area (Å²) < 4.78 is 40.3. The third-order valence-electron chi connectivity index (χ3n) is 2.85. The molecule has 4 nitrogen and oxygen atoms in total. The molecule has 10 heteroatoms. The predicted molar refractivity (Wildman–Crippen MR) is 78.9 cm³/mol. The van der Waals surface area contributed by atoms with Gasteiger partial charge in [0.2, 0.25) is 5.28 Å². The van der Waals surface area contributed by atoms with Crippen molar-refractivity contribution in [3.05, 3.63) is 45.0 Å². The van der Waals surface area contributed by atoms with Crippen LogP contribution in [0.4, 0.5) is 13.2 Å². The Morgan fingerprint density at radius 1 is 1.14 bits per heavy atom. The van der Waals surface area contributed by atoms with Gasteiger partial charge in [-0.1, -0.05) is 11.6 Å². The molecule has 3 aromatic rings. The van der Waals surface area contributed by atoms with E-state index in [2.05, 4.69) is 30.9 Å².